The van der Waals surface area contributed by atoms with Gasteiger partial charge in [0.2, 0.25) is 4.96 Å². The molecule has 0 unspecified atom stereocenters. The molecule has 1 radical (unpaired) electrons. The van der Waals surface area contributed by atoms with Gasteiger partial charge in [0.05, 0.1) is 0 Å². The normalized spacial score (nSPS) is 10.9. The number of hydrogen-bond donors (Lipinski definition) is 0. The van der Waals surface area contributed by atoms with Gasteiger partial charge in [0.1, 0.15) is 5.01 Å². The molecule has 0 aliphatic carbocycles. The molecular formula is C8H8N3OS. The highest BCUT2D eigenvalue weighted by Crippen LogP contribution is 2.10. The molecule has 0 aliphatic rings. The van der Waals surface area contributed by atoms with Crippen LogP contribution in [-0.4, -0.2) is 14.6 Å². The number of rotatable bonds is 1. The first kappa shape index (κ1) is 8.37. The summed E-state index contributed by atoms with van der Waals surface area (Å²) in [5, 5.41) is 5.02. The third-order valence-corrected chi connectivity index (χ3v) is 2.70. The molecule has 4 nitrogen and oxygen atoms in total. The fourth-order valence-electron chi connectivity index (χ4n) is 1.04. The summed E-state index contributed by atoms with van der Waals surface area (Å²) in [5.41, 5.74) is 0.335. The third-order valence-electron chi connectivity index (χ3n) is 1.64. The second-order valence-corrected chi connectivity index (χ2v) is 3.67. The topological polar surface area (TPSA) is 47.3 Å². The van der Waals surface area contributed by atoms with Crippen LogP contribution in [0.5, 0.6) is 0 Å². The van der Waals surface area contributed by atoms with Gasteiger partial charge in [0, 0.05) is 11.8 Å². The van der Waals surface area contributed by atoms with E-state index in [0.717, 1.165) is 11.4 Å². The molecule has 0 bridgehead atoms. The lowest BCUT2D eigenvalue weighted by Gasteiger charge is -1.89. The predicted molar refractivity (Wildman–Crippen MR) is 51.0 cm³/mol. The first-order chi connectivity index (χ1) is 6.20. The monoisotopic (exact) mass is 194 g/mol. The van der Waals surface area contributed by atoms with Crippen LogP contribution < -0.4 is 5.56 Å². The number of aryl methyl sites for hydroxylation is 1. The van der Waals surface area contributed by atoms with E-state index in [1.54, 1.807) is 0 Å². The summed E-state index contributed by atoms with van der Waals surface area (Å²) in [5.74, 6) is 0. The van der Waals surface area contributed by atoms with Crippen LogP contribution in [0.2, 0.25) is 0 Å². The van der Waals surface area contributed by atoms with Crippen molar-refractivity contribution in [3.8, 4) is 0 Å². The summed E-state index contributed by atoms with van der Waals surface area (Å²) in [6.45, 7) is 5.61. The Morgan fingerprint density at radius 3 is 3.15 bits per heavy atom. The van der Waals surface area contributed by atoms with Crippen molar-refractivity contribution in [3.63, 3.8) is 0 Å². The van der Waals surface area contributed by atoms with Gasteiger partial charge in [0.25, 0.3) is 5.56 Å². The van der Waals surface area contributed by atoms with E-state index in [-0.39, 0.29) is 5.56 Å². The second kappa shape index (κ2) is 2.92. The van der Waals surface area contributed by atoms with Crippen LogP contribution in [0.25, 0.3) is 4.96 Å². The highest BCUT2D eigenvalue weighted by atomic mass is 32.1. The van der Waals surface area contributed by atoms with E-state index in [1.807, 2.05) is 6.92 Å². The molecule has 13 heavy (non-hydrogen) atoms. The SMILES string of the molecule is [CH2]c1cc(=O)n2nc(CC)sc2n1. The predicted octanol–water partition coefficient (Wildman–Crippen LogP) is 0.896. The molecule has 0 saturated heterocycles. The van der Waals surface area contributed by atoms with Crippen molar-refractivity contribution in [2.24, 2.45) is 0 Å². The Balaban J connectivity index is 2.83. The van der Waals surface area contributed by atoms with Crippen LogP contribution in [0.1, 0.15) is 17.6 Å². The first-order valence-corrected chi connectivity index (χ1v) is 4.74. The molecule has 0 spiro atoms. The highest BCUT2D eigenvalue weighted by Gasteiger charge is 2.05. The molecule has 0 aliphatic heterocycles. The van der Waals surface area contributed by atoms with Crippen LogP contribution in [0.3, 0.4) is 0 Å². The van der Waals surface area contributed by atoms with Crippen LogP contribution in [0.15, 0.2) is 10.9 Å². The van der Waals surface area contributed by atoms with Crippen LogP contribution in [0.4, 0.5) is 0 Å². The summed E-state index contributed by atoms with van der Waals surface area (Å²) in [6, 6.07) is 1.38. The zero-order valence-electron chi connectivity index (χ0n) is 7.15. The maximum Gasteiger partial charge on any atom is 0.275 e. The van der Waals surface area contributed by atoms with E-state index < -0.39 is 0 Å². The van der Waals surface area contributed by atoms with Gasteiger partial charge in [0.15, 0.2) is 0 Å². The molecule has 2 aromatic heterocycles. The zero-order chi connectivity index (χ0) is 9.42. The maximum absolute atomic E-state index is 11.4. The van der Waals surface area contributed by atoms with Gasteiger partial charge in [-0.25, -0.2) is 4.98 Å². The highest BCUT2D eigenvalue weighted by molar-refractivity contribution is 7.16. The summed E-state index contributed by atoms with van der Waals surface area (Å²) in [4.78, 5) is 16.1. The van der Waals surface area contributed by atoms with E-state index in [0.29, 0.717) is 10.7 Å². The molecule has 0 fully saturated rings. The lowest BCUT2D eigenvalue weighted by molar-refractivity contribution is 0.856. The Kier molecular flexibility index (Phi) is 1.88. The molecule has 0 atom stereocenters. The molecule has 5 heteroatoms. The Hall–Kier alpha value is -1.23. The van der Waals surface area contributed by atoms with Crippen molar-refractivity contribution in [1.29, 1.82) is 0 Å². The number of hydrogen-bond acceptors (Lipinski definition) is 4. The van der Waals surface area contributed by atoms with Gasteiger partial charge in [-0.2, -0.15) is 9.61 Å². The minimum Gasteiger partial charge on any atom is -0.267 e. The van der Waals surface area contributed by atoms with Gasteiger partial charge >= 0.3 is 0 Å². The van der Waals surface area contributed by atoms with Crippen molar-refractivity contribution in [3.05, 3.63) is 34.0 Å². The van der Waals surface area contributed by atoms with E-state index in [9.17, 15) is 4.79 Å². The molecule has 0 saturated carbocycles. The molecule has 0 amide bonds. The summed E-state index contributed by atoms with van der Waals surface area (Å²) < 4.78 is 1.32. The van der Waals surface area contributed by atoms with Crippen molar-refractivity contribution in [1.82, 2.24) is 14.6 Å². The van der Waals surface area contributed by atoms with Crippen molar-refractivity contribution < 1.29 is 0 Å². The van der Waals surface area contributed by atoms with Crippen LogP contribution in [0, 0.1) is 6.92 Å². The Morgan fingerprint density at radius 2 is 2.46 bits per heavy atom. The lowest BCUT2D eigenvalue weighted by Crippen LogP contribution is -2.14. The average Bonchev–Trinajstić information content (AvgIpc) is 2.47. The van der Waals surface area contributed by atoms with Crippen molar-refractivity contribution in [2.75, 3.05) is 0 Å². The largest absolute Gasteiger partial charge is 0.275 e. The standard InChI is InChI=1S/C8H8N3OS/c1-3-6-10-11-7(12)4-5(2)9-8(11)13-6/h4H,2-3H2,1H3. The minimum atomic E-state index is -0.161. The number of aromatic nitrogens is 3. The molecule has 67 valence electrons. The molecular weight excluding hydrogens is 186 g/mol. The summed E-state index contributed by atoms with van der Waals surface area (Å²) in [7, 11) is 0. The zero-order valence-corrected chi connectivity index (χ0v) is 7.97. The smallest absolute Gasteiger partial charge is 0.267 e. The molecule has 2 heterocycles. The Bertz CT molecular complexity index is 500. The van der Waals surface area contributed by atoms with E-state index in [4.69, 9.17) is 0 Å². The average molecular weight is 194 g/mol. The summed E-state index contributed by atoms with van der Waals surface area (Å²) in [6.07, 6.45) is 0.819. The van der Waals surface area contributed by atoms with Gasteiger partial charge in [-0.3, -0.25) is 4.79 Å². The quantitative estimate of drug-likeness (QED) is 0.677. The lowest BCUT2D eigenvalue weighted by atomic mass is 10.5. The first-order valence-electron chi connectivity index (χ1n) is 3.92. The van der Waals surface area contributed by atoms with Crippen molar-refractivity contribution in [2.45, 2.75) is 13.3 Å². The van der Waals surface area contributed by atoms with Crippen LogP contribution >= 0.6 is 11.3 Å². The van der Waals surface area contributed by atoms with Gasteiger partial charge in [-0.05, 0) is 13.3 Å². The fourth-order valence-corrected chi connectivity index (χ4v) is 1.90. The van der Waals surface area contributed by atoms with Gasteiger partial charge in [-0.15, -0.1) is 0 Å². The molecule has 2 rings (SSSR count). The van der Waals surface area contributed by atoms with E-state index >= 15 is 0 Å². The summed E-state index contributed by atoms with van der Waals surface area (Å²) >= 11 is 1.43. The van der Waals surface area contributed by atoms with E-state index in [2.05, 4.69) is 17.0 Å². The van der Waals surface area contributed by atoms with Crippen LogP contribution in [-0.2, 0) is 6.42 Å². The maximum atomic E-state index is 11.4. The fraction of sp³-hybridized carbons (Fsp3) is 0.250. The van der Waals surface area contributed by atoms with Gasteiger partial charge in [-0.1, -0.05) is 18.3 Å². The molecule has 0 N–H and O–H groups in total. The van der Waals surface area contributed by atoms with Gasteiger partial charge < -0.3 is 0 Å². The number of nitrogens with zero attached hydrogens (tertiary/aromatic N) is 3. The van der Waals surface area contributed by atoms with Crippen molar-refractivity contribution >= 4 is 16.3 Å². The molecule has 2 aromatic rings. The Labute approximate surface area is 78.9 Å². The second-order valence-electron chi connectivity index (χ2n) is 2.63. The number of fused-ring (bicyclic) bond motifs is 1. The minimum absolute atomic E-state index is 0.161. The third kappa shape index (κ3) is 1.35. The Morgan fingerprint density at radius 1 is 1.69 bits per heavy atom. The van der Waals surface area contributed by atoms with E-state index in [1.165, 1.54) is 21.9 Å². The molecule has 0 aromatic carbocycles.